The van der Waals surface area contributed by atoms with Crippen LogP contribution in [0.1, 0.15) is 31.2 Å². The molecule has 0 unspecified atom stereocenters. The van der Waals surface area contributed by atoms with Crippen LogP contribution < -0.4 is 20.1 Å². The molecule has 3 rings (SSSR count). The Balaban J connectivity index is 1.32. The summed E-state index contributed by atoms with van der Waals surface area (Å²) >= 11 is 0. The topological polar surface area (TPSA) is 85.4 Å². The van der Waals surface area contributed by atoms with E-state index in [2.05, 4.69) is 20.6 Å². The summed E-state index contributed by atoms with van der Waals surface area (Å²) in [5.74, 6) is 0.332. The molecule has 1 aliphatic carbocycles. The zero-order valence-electron chi connectivity index (χ0n) is 15.9. The van der Waals surface area contributed by atoms with Gasteiger partial charge in [0.05, 0.1) is 19.5 Å². The number of benzene rings is 1. The molecule has 150 valence electrons. The Morgan fingerprint density at radius 2 is 1.82 bits per heavy atom. The molecule has 1 aromatic heterocycles. The molecule has 1 fully saturated rings. The average Bonchev–Trinajstić information content (AvgIpc) is 2.72. The number of methoxy groups -OCH3 is 1. The summed E-state index contributed by atoms with van der Waals surface area (Å²) in [4.78, 5) is 19.7. The van der Waals surface area contributed by atoms with E-state index >= 15 is 0 Å². The molecule has 0 aliphatic heterocycles. The van der Waals surface area contributed by atoms with Crippen molar-refractivity contribution < 1.29 is 18.7 Å². The quantitative estimate of drug-likeness (QED) is 0.762. The second kappa shape index (κ2) is 9.87. The molecule has 1 aliphatic rings. The fourth-order valence-corrected chi connectivity index (χ4v) is 3.18. The summed E-state index contributed by atoms with van der Waals surface area (Å²) in [5.41, 5.74) is 1.14. The van der Waals surface area contributed by atoms with Crippen LogP contribution >= 0.6 is 0 Å². The van der Waals surface area contributed by atoms with Crippen molar-refractivity contribution in [3.63, 3.8) is 0 Å². The molecule has 7 nitrogen and oxygen atoms in total. The number of hydrogen-bond donors (Lipinski definition) is 2. The molecule has 0 bridgehead atoms. The summed E-state index contributed by atoms with van der Waals surface area (Å²) in [6.07, 6.45) is 6.14. The molecule has 8 heteroatoms. The van der Waals surface area contributed by atoms with E-state index in [1.165, 1.54) is 0 Å². The fraction of sp³-hybridized carbons (Fsp3) is 0.450. The number of nitrogens with zero attached hydrogens (tertiary/aromatic N) is 2. The van der Waals surface area contributed by atoms with Crippen LogP contribution in [0.4, 0.5) is 9.18 Å². The summed E-state index contributed by atoms with van der Waals surface area (Å²) < 4.78 is 23.6. The number of hydrogen-bond acceptors (Lipinski definition) is 5. The number of carbonyl (C=O) groups excluding carboxylic acids is 1. The monoisotopic (exact) mass is 388 g/mol. The highest BCUT2D eigenvalue weighted by atomic mass is 19.1. The smallest absolute Gasteiger partial charge is 0.316 e. The van der Waals surface area contributed by atoms with E-state index in [4.69, 9.17) is 9.47 Å². The van der Waals surface area contributed by atoms with E-state index in [9.17, 15) is 9.18 Å². The van der Waals surface area contributed by atoms with Gasteiger partial charge in [0, 0.05) is 12.6 Å². The third-order valence-electron chi connectivity index (χ3n) is 4.74. The van der Waals surface area contributed by atoms with Crippen LogP contribution in [0.25, 0.3) is 0 Å². The van der Waals surface area contributed by atoms with Crippen molar-refractivity contribution in [3.8, 4) is 11.8 Å². The van der Waals surface area contributed by atoms with Crippen molar-refractivity contribution in [2.45, 2.75) is 44.2 Å². The fourth-order valence-electron chi connectivity index (χ4n) is 3.18. The summed E-state index contributed by atoms with van der Waals surface area (Å²) in [5, 5.41) is 5.90. The van der Waals surface area contributed by atoms with E-state index in [0.29, 0.717) is 6.54 Å². The summed E-state index contributed by atoms with van der Waals surface area (Å²) in [6, 6.07) is 7.96. The number of amides is 2. The molecule has 1 heterocycles. The van der Waals surface area contributed by atoms with Crippen molar-refractivity contribution in [2.24, 2.45) is 0 Å². The highest BCUT2D eigenvalue weighted by Gasteiger charge is 2.24. The van der Waals surface area contributed by atoms with E-state index in [1.807, 2.05) is 24.3 Å². The van der Waals surface area contributed by atoms with Gasteiger partial charge in [-0.05, 0) is 49.8 Å². The SMILES string of the molecule is COc1ccc(CCNC(=O)NC2CCC(Oc3ncc(F)cn3)CC2)cc1. The lowest BCUT2D eigenvalue weighted by Crippen LogP contribution is -2.45. The van der Waals surface area contributed by atoms with Gasteiger partial charge in [0.1, 0.15) is 11.9 Å². The van der Waals surface area contributed by atoms with Crippen LogP contribution in [-0.4, -0.2) is 41.8 Å². The lowest BCUT2D eigenvalue weighted by molar-refractivity contribution is 0.128. The van der Waals surface area contributed by atoms with Crippen molar-refractivity contribution in [3.05, 3.63) is 48.0 Å². The van der Waals surface area contributed by atoms with Gasteiger partial charge in [0.2, 0.25) is 0 Å². The molecule has 0 saturated heterocycles. The lowest BCUT2D eigenvalue weighted by Gasteiger charge is -2.28. The van der Waals surface area contributed by atoms with Gasteiger partial charge in [-0.2, -0.15) is 0 Å². The van der Waals surface area contributed by atoms with Crippen molar-refractivity contribution >= 4 is 6.03 Å². The number of halogens is 1. The highest BCUT2D eigenvalue weighted by Crippen LogP contribution is 2.22. The third kappa shape index (κ3) is 6.07. The Morgan fingerprint density at radius 1 is 1.14 bits per heavy atom. The number of urea groups is 1. The summed E-state index contributed by atoms with van der Waals surface area (Å²) in [7, 11) is 1.64. The Morgan fingerprint density at radius 3 is 2.46 bits per heavy atom. The number of carbonyl (C=O) groups is 1. The molecule has 2 N–H and O–H groups in total. The molecule has 1 aromatic carbocycles. The molecular weight excluding hydrogens is 363 g/mol. The molecule has 0 atom stereocenters. The minimum absolute atomic E-state index is 0.0124. The van der Waals surface area contributed by atoms with Crippen LogP contribution in [0.15, 0.2) is 36.7 Å². The average molecular weight is 388 g/mol. The van der Waals surface area contributed by atoms with Gasteiger partial charge in [-0.3, -0.25) is 0 Å². The predicted octanol–water partition coefficient (Wildman–Crippen LogP) is 2.86. The van der Waals surface area contributed by atoms with Gasteiger partial charge < -0.3 is 20.1 Å². The Bertz CT molecular complexity index is 747. The first-order valence-electron chi connectivity index (χ1n) is 9.44. The standard InChI is InChI=1S/C20H25FN4O3/c1-27-17-6-2-14(3-7-17)10-11-22-19(26)25-16-4-8-18(9-5-16)28-20-23-12-15(21)13-24-20/h2-3,6-7,12-13,16,18H,4-5,8-11H2,1H3,(H2,22,25,26). The van der Waals surface area contributed by atoms with E-state index in [0.717, 1.165) is 55.8 Å². The van der Waals surface area contributed by atoms with E-state index in [-0.39, 0.29) is 24.2 Å². The molecule has 28 heavy (non-hydrogen) atoms. The van der Waals surface area contributed by atoms with Gasteiger partial charge in [-0.1, -0.05) is 12.1 Å². The largest absolute Gasteiger partial charge is 0.497 e. The molecule has 2 aromatic rings. The van der Waals surface area contributed by atoms with Crippen LogP contribution in [0.5, 0.6) is 11.8 Å². The number of nitrogens with one attached hydrogen (secondary N) is 2. The maximum atomic E-state index is 12.8. The zero-order chi connectivity index (χ0) is 19.8. The molecular formula is C20H25FN4O3. The minimum atomic E-state index is -0.488. The maximum Gasteiger partial charge on any atom is 0.316 e. The van der Waals surface area contributed by atoms with Gasteiger partial charge >= 0.3 is 12.0 Å². The third-order valence-corrected chi connectivity index (χ3v) is 4.74. The second-order valence-electron chi connectivity index (χ2n) is 6.77. The first-order chi connectivity index (χ1) is 13.6. The van der Waals surface area contributed by atoms with E-state index < -0.39 is 5.82 Å². The maximum absolute atomic E-state index is 12.8. The molecule has 1 saturated carbocycles. The molecule has 2 amide bonds. The lowest BCUT2D eigenvalue weighted by atomic mass is 9.93. The first-order valence-corrected chi connectivity index (χ1v) is 9.44. The van der Waals surface area contributed by atoms with Crippen LogP contribution in [-0.2, 0) is 6.42 Å². The molecule has 0 spiro atoms. The zero-order valence-corrected chi connectivity index (χ0v) is 15.9. The number of rotatable bonds is 7. The number of aromatic nitrogens is 2. The van der Waals surface area contributed by atoms with E-state index in [1.54, 1.807) is 7.11 Å². The summed E-state index contributed by atoms with van der Waals surface area (Å²) in [6.45, 7) is 0.568. The van der Waals surface area contributed by atoms with Gasteiger partial charge in [0.25, 0.3) is 0 Å². The van der Waals surface area contributed by atoms with Crippen LogP contribution in [0.2, 0.25) is 0 Å². The normalized spacial score (nSPS) is 18.9. The number of ether oxygens (including phenoxy) is 2. The minimum Gasteiger partial charge on any atom is -0.497 e. The van der Waals surface area contributed by atoms with Gasteiger partial charge in [0.15, 0.2) is 5.82 Å². The molecule has 0 radical (unpaired) electrons. The van der Waals surface area contributed by atoms with Gasteiger partial charge in [-0.15, -0.1) is 0 Å². The predicted molar refractivity (Wildman–Crippen MR) is 102 cm³/mol. The Hall–Kier alpha value is -2.90. The van der Waals surface area contributed by atoms with Crippen molar-refractivity contribution in [2.75, 3.05) is 13.7 Å². The second-order valence-corrected chi connectivity index (χ2v) is 6.77. The van der Waals surface area contributed by atoms with Crippen LogP contribution in [0.3, 0.4) is 0 Å². The highest BCUT2D eigenvalue weighted by molar-refractivity contribution is 5.74. The van der Waals surface area contributed by atoms with Crippen LogP contribution in [0, 0.1) is 5.82 Å². The Labute approximate surface area is 163 Å². The Kier molecular flexibility index (Phi) is 7.00. The van der Waals surface area contributed by atoms with Crippen molar-refractivity contribution in [1.82, 2.24) is 20.6 Å². The van der Waals surface area contributed by atoms with Crippen molar-refractivity contribution in [1.29, 1.82) is 0 Å². The van der Waals surface area contributed by atoms with Gasteiger partial charge in [-0.25, -0.2) is 19.2 Å². The first kappa shape index (κ1) is 19.9.